The maximum absolute atomic E-state index is 13.8. The first-order chi connectivity index (χ1) is 18.0. The van der Waals surface area contributed by atoms with Crippen LogP contribution in [0, 0.1) is 11.7 Å². The number of rotatable bonds is 8. The van der Waals surface area contributed by atoms with Gasteiger partial charge in [-0.3, -0.25) is 9.69 Å². The van der Waals surface area contributed by atoms with Crippen molar-refractivity contribution >= 4 is 5.97 Å². The molecule has 0 bridgehead atoms. The second-order valence-electron chi connectivity index (χ2n) is 10.5. The summed E-state index contributed by atoms with van der Waals surface area (Å²) in [7, 11) is 0. The van der Waals surface area contributed by atoms with Gasteiger partial charge in [-0.25, -0.2) is 4.39 Å². The molecular formula is C31H33F4NO2. The van der Waals surface area contributed by atoms with Gasteiger partial charge in [0.2, 0.25) is 0 Å². The minimum Gasteiger partial charge on any atom is -0.481 e. The van der Waals surface area contributed by atoms with Crippen LogP contribution in [-0.2, 0) is 11.0 Å². The number of likely N-dealkylation sites (tertiary alicyclic amines) is 1. The number of halogens is 4. The normalized spacial score (nSPS) is 16.4. The fraction of sp³-hybridized carbons (Fsp3) is 0.387. The van der Waals surface area contributed by atoms with Crippen LogP contribution in [0.25, 0.3) is 11.1 Å². The van der Waals surface area contributed by atoms with Crippen LogP contribution in [0.1, 0.15) is 73.7 Å². The molecule has 0 aliphatic carbocycles. The molecule has 3 aromatic rings. The molecule has 1 saturated heterocycles. The summed E-state index contributed by atoms with van der Waals surface area (Å²) < 4.78 is 53.7. The topological polar surface area (TPSA) is 40.5 Å². The molecule has 3 nitrogen and oxygen atoms in total. The minimum atomic E-state index is -4.46. The number of aliphatic carboxylic acids is 1. The highest BCUT2D eigenvalue weighted by Crippen LogP contribution is 2.40. The third kappa shape index (κ3) is 6.44. The number of carboxylic acid groups (broad SMARTS) is 1. The standard InChI is InChI=1S/C31H33F4NO2/c1-20(2)18-28(30(37)38)23-10-15-26(27(19-23)21-6-11-24(12-7-21)31(33,34)35)29(36-16-4-3-5-17-36)22-8-13-25(32)14-9-22/h6-15,19-20,28-29H,3-5,16-18H2,1-2H3,(H,37,38)/t28-,29?/m0/s1. The molecule has 1 aliphatic rings. The summed E-state index contributed by atoms with van der Waals surface area (Å²) in [5.74, 6) is -1.87. The number of hydrogen-bond acceptors (Lipinski definition) is 2. The van der Waals surface area contributed by atoms with Crippen molar-refractivity contribution in [1.29, 1.82) is 0 Å². The molecule has 0 amide bonds. The first kappa shape index (κ1) is 27.8. The van der Waals surface area contributed by atoms with E-state index in [2.05, 4.69) is 4.90 Å². The highest BCUT2D eigenvalue weighted by Gasteiger charge is 2.31. The van der Waals surface area contributed by atoms with Gasteiger partial charge in [0, 0.05) is 0 Å². The van der Waals surface area contributed by atoms with Crippen molar-refractivity contribution in [3.63, 3.8) is 0 Å². The molecule has 2 atom stereocenters. The maximum Gasteiger partial charge on any atom is 0.416 e. The van der Waals surface area contributed by atoms with Crippen molar-refractivity contribution in [1.82, 2.24) is 4.90 Å². The van der Waals surface area contributed by atoms with E-state index in [9.17, 15) is 27.5 Å². The Labute approximate surface area is 221 Å². The number of hydrogen-bond donors (Lipinski definition) is 1. The van der Waals surface area contributed by atoms with E-state index in [4.69, 9.17) is 0 Å². The summed E-state index contributed by atoms with van der Waals surface area (Å²) in [4.78, 5) is 14.5. The van der Waals surface area contributed by atoms with Crippen molar-refractivity contribution < 1.29 is 27.5 Å². The van der Waals surface area contributed by atoms with Crippen LogP contribution in [0.15, 0.2) is 66.7 Å². The van der Waals surface area contributed by atoms with Gasteiger partial charge >= 0.3 is 12.1 Å². The molecular weight excluding hydrogens is 494 g/mol. The molecule has 202 valence electrons. The largest absolute Gasteiger partial charge is 0.481 e. The van der Waals surface area contributed by atoms with Gasteiger partial charge in [-0.2, -0.15) is 13.2 Å². The van der Waals surface area contributed by atoms with Crippen molar-refractivity contribution in [3.8, 4) is 11.1 Å². The SMILES string of the molecule is CC(C)C[C@H](C(=O)O)c1ccc(C(c2ccc(F)cc2)N2CCCCC2)c(-c2ccc(C(F)(F)F)cc2)c1. The Kier molecular flexibility index (Phi) is 8.56. The van der Waals surface area contributed by atoms with Crippen LogP contribution in [0.4, 0.5) is 17.6 Å². The van der Waals surface area contributed by atoms with Crippen molar-refractivity contribution in [2.75, 3.05) is 13.1 Å². The van der Waals surface area contributed by atoms with E-state index >= 15 is 0 Å². The Morgan fingerprint density at radius 1 is 0.895 bits per heavy atom. The van der Waals surface area contributed by atoms with Crippen LogP contribution < -0.4 is 0 Å². The summed E-state index contributed by atoms with van der Waals surface area (Å²) in [6.07, 6.45) is -0.872. The third-order valence-corrected chi connectivity index (χ3v) is 7.24. The first-order valence-electron chi connectivity index (χ1n) is 13.1. The molecule has 3 aromatic carbocycles. The lowest BCUT2D eigenvalue weighted by molar-refractivity contribution is -0.139. The second-order valence-corrected chi connectivity index (χ2v) is 10.5. The quantitative estimate of drug-likeness (QED) is 0.300. The number of piperidine rings is 1. The average molecular weight is 528 g/mol. The van der Waals surface area contributed by atoms with Gasteiger partial charge in [0.25, 0.3) is 0 Å². The number of alkyl halides is 3. The van der Waals surface area contributed by atoms with Crippen LogP contribution in [-0.4, -0.2) is 29.1 Å². The van der Waals surface area contributed by atoms with E-state index in [0.717, 1.165) is 55.6 Å². The molecule has 0 spiro atoms. The Morgan fingerprint density at radius 2 is 1.50 bits per heavy atom. The molecule has 38 heavy (non-hydrogen) atoms. The van der Waals surface area contributed by atoms with Gasteiger partial charge in [-0.1, -0.05) is 56.7 Å². The van der Waals surface area contributed by atoms with E-state index in [-0.39, 0.29) is 17.8 Å². The monoisotopic (exact) mass is 527 g/mol. The van der Waals surface area contributed by atoms with Gasteiger partial charge in [-0.15, -0.1) is 0 Å². The number of carboxylic acids is 1. The fourth-order valence-corrected chi connectivity index (χ4v) is 5.38. The molecule has 0 aromatic heterocycles. The lowest BCUT2D eigenvalue weighted by atomic mass is 9.83. The van der Waals surface area contributed by atoms with Gasteiger partial charge in [-0.05, 0) is 96.4 Å². The summed E-state index contributed by atoms with van der Waals surface area (Å²) in [6, 6.07) is 16.6. The second kappa shape index (κ2) is 11.7. The van der Waals surface area contributed by atoms with Gasteiger partial charge in [0.05, 0.1) is 17.5 Å². The smallest absolute Gasteiger partial charge is 0.416 e. The summed E-state index contributed by atoms with van der Waals surface area (Å²) in [5, 5.41) is 9.98. The molecule has 0 saturated carbocycles. The molecule has 1 aliphatic heterocycles. The summed E-state index contributed by atoms with van der Waals surface area (Å²) in [5.41, 5.74) is 2.87. The van der Waals surface area contributed by atoms with Gasteiger partial charge in [0.1, 0.15) is 5.82 Å². The molecule has 0 radical (unpaired) electrons. The minimum absolute atomic E-state index is 0.144. The van der Waals surface area contributed by atoms with Crippen LogP contribution >= 0.6 is 0 Å². The molecule has 4 rings (SSSR count). The van der Waals surface area contributed by atoms with Gasteiger partial charge in [0.15, 0.2) is 0 Å². The van der Waals surface area contributed by atoms with Crippen molar-refractivity contribution in [2.45, 2.75) is 57.7 Å². The molecule has 1 heterocycles. The number of nitrogens with zero attached hydrogens (tertiary/aromatic N) is 1. The zero-order chi connectivity index (χ0) is 27.4. The van der Waals surface area contributed by atoms with Gasteiger partial charge < -0.3 is 5.11 Å². The lowest BCUT2D eigenvalue weighted by Gasteiger charge is -2.36. The number of benzene rings is 3. The Morgan fingerprint density at radius 3 is 2.05 bits per heavy atom. The average Bonchev–Trinajstić information content (AvgIpc) is 2.89. The summed E-state index contributed by atoms with van der Waals surface area (Å²) in [6.45, 7) is 5.59. The van der Waals surface area contributed by atoms with Crippen molar-refractivity contribution in [3.05, 3.63) is 94.8 Å². The van der Waals surface area contributed by atoms with Crippen LogP contribution in [0.5, 0.6) is 0 Å². The predicted octanol–water partition coefficient (Wildman–Crippen LogP) is 8.30. The lowest BCUT2D eigenvalue weighted by Crippen LogP contribution is -2.34. The van der Waals surface area contributed by atoms with E-state index < -0.39 is 23.6 Å². The van der Waals surface area contributed by atoms with Crippen LogP contribution in [0.3, 0.4) is 0 Å². The Balaban J connectivity index is 1.90. The molecule has 7 heteroatoms. The maximum atomic E-state index is 13.8. The molecule has 1 unspecified atom stereocenters. The highest BCUT2D eigenvalue weighted by atomic mass is 19.4. The van der Waals surface area contributed by atoms with Crippen molar-refractivity contribution in [2.24, 2.45) is 5.92 Å². The number of carbonyl (C=O) groups is 1. The summed E-state index contributed by atoms with van der Waals surface area (Å²) >= 11 is 0. The van der Waals surface area contributed by atoms with E-state index in [1.807, 2.05) is 32.0 Å². The Hall–Kier alpha value is -3.19. The predicted molar refractivity (Wildman–Crippen MR) is 140 cm³/mol. The molecule has 1 fully saturated rings. The van der Waals surface area contributed by atoms with E-state index in [0.29, 0.717) is 23.1 Å². The van der Waals surface area contributed by atoms with E-state index in [1.54, 1.807) is 12.1 Å². The third-order valence-electron chi connectivity index (χ3n) is 7.24. The zero-order valence-electron chi connectivity index (χ0n) is 21.6. The molecule has 1 N–H and O–H groups in total. The first-order valence-corrected chi connectivity index (χ1v) is 13.1. The Bertz CT molecular complexity index is 1230. The van der Waals surface area contributed by atoms with Crippen LogP contribution in [0.2, 0.25) is 0 Å². The highest BCUT2D eigenvalue weighted by molar-refractivity contribution is 5.78. The zero-order valence-corrected chi connectivity index (χ0v) is 21.6. The van der Waals surface area contributed by atoms with E-state index in [1.165, 1.54) is 24.3 Å². The fourth-order valence-electron chi connectivity index (χ4n) is 5.38.